The van der Waals surface area contributed by atoms with E-state index in [1.54, 1.807) is 6.07 Å². The van der Waals surface area contributed by atoms with Gasteiger partial charge in [-0.2, -0.15) is 5.10 Å². The van der Waals surface area contributed by atoms with Gasteiger partial charge < -0.3 is 15.4 Å². The van der Waals surface area contributed by atoms with Crippen LogP contribution in [0.1, 0.15) is 18.2 Å². The Balaban J connectivity index is 1.69. The molecule has 3 rings (SSSR count). The Hall–Kier alpha value is -2.54. The minimum atomic E-state index is -0.333. The smallest absolute Gasteiger partial charge is 0.325 e. The summed E-state index contributed by atoms with van der Waals surface area (Å²) in [5.74, 6) is 1.23. The van der Waals surface area contributed by atoms with Crippen LogP contribution in [0.4, 0.5) is 16.3 Å². The number of rotatable bonds is 4. The van der Waals surface area contributed by atoms with E-state index in [1.807, 2.05) is 25.1 Å². The van der Waals surface area contributed by atoms with Crippen molar-refractivity contribution in [3.05, 3.63) is 35.5 Å². The van der Waals surface area contributed by atoms with E-state index in [2.05, 4.69) is 26.1 Å². The SMILES string of the molecule is CCOc1ccccc1NC(=O)Nc1n[nH]c2c1CCNC2. The van der Waals surface area contributed by atoms with Crippen LogP contribution in [0.15, 0.2) is 24.3 Å². The highest BCUT2D eigenvalue weighted by atomic mass is 16.5. The van der Waals surface area contributed by atoms with Gasteiger partial charge >= 0.3 is 6.03 Å². The summed E-state index contributed by atoms with van der Waals surface area (Å²) in [6.45, 7) is 4.08. The third kappa shape index (κ3) is 3.04. The molecule has 0 saturated heterocycles. The number of H-pyrrole nitrogens is 1. The summed E-state index contributed by atoms with van der Waals surface area (Å²) >= 11 is 0. The fraction of sp³-hybridized carbons (Fsp3) is 0.333. The predicted molar refractivity (Wildman–Crippen MR) is 84.3 cm³/mol. The zero-order valence-corrected chi connectivity index (χ0v) is 12.4. The first-order chi connectivity index (χ1) is 10.8. The summed E-state index contributed by atoms with van der Waals surface area (Å²) in [6.07, 6.45) is 0.844. The number of nitrogens with zero attached hydrogens (tertiary/aromatic N) is 1. The van der Waals surface area contributed by atoms with E-state index >= 15 is 0 Å². The van der Waals surface area contributed by atoms with E-state index in [4.69, 9.17) is 4.74 Å². The van der Waals surface area contributed by atoms with E-state index in [0.29, 0.717) is 23.9 Å². The van der Waals surface area contributed by atoms with E-state index in [0.717, 1.165) is 30.8 Å². The third-order valence-corrected chi connectivity index (χ3v) is 3.47. The lowest BCUT2D eigenvalue weighted by molar-refractivity contribution is 0.261. The molecule has 0 fully saturated rings. The van der Waals surface area contributed by atoms with Gasteiger partial charge in [0.15, 0.2) is 5.82 Å². The Labute approximate surface area is 128 Å². The van der Waals surface area contributed by atoms with Crippen LogP contribution in [0.3, 0.4) is 0 Å². The van der Waals surface area contributed by atoms with Crippen LogP contribution in [0.2, 0.25) is 0 Å². The maximum Gasteiger partial charge on any atom is 0.325 e. The van der Waals surface area contributed by atoms with Gasteiger partial charge in [0.25, 0.3) is 0 Å². The molecule has 7 nitrogen and oxygen atoms in total. The van der Waals surface area contributed by atoms with Crippen molar-refractivity contribution in [1.29, 1.82) is 0 Å². The summed E-state index contributed by atoms with van der Waals surface area (Å²) in [4.78, 5) is 12.2. The summed E-state index contributed by atoms with van der Waals surface area (Å²) in [5, 5.41) is 16.0. The number of ether oxygens (including phenoxy) is 1. The van der Waals surface area contributed by atoms with Crippen LogP contribution in [0, 0.1) is 0 Å². The molecule has 116 valence electrons. The van der Waals surface area contributed by atoms with E-state index < -0.39 is 0 Å². The van der Waals surface area contributed by atoms with E-state index in [-0.39, 0.29) is 6.03 Å². The van der Waals surface area contributed by atoms with Gasteiger partial charge in [-0.15, -0.1) is 0 Å². The van der Waals surface area contributed by atoms with E-state index in [9.17, 15) is 4.79 Å². The maximum atomic E-state index is 12.2. The lowest BCUT2D eigenvalue weighted by atomic mass is 10.1. The fourth-order valence-electron chi connectivity index (χ4n) is 2.46. The Morgan fingerprint density at radius 1 is 1.36 bits per heavy atom. The molecule has 0 atom stereocenters. The minimum absolute atomic E-state index is 0.333. The van der Waals surface area contributed by atoms with Crippen molar-refractivity contribution in [3.63, 3.8) is 0 Å². The van der Waals surface area contributed by atoms with Crippen molar-refractivity contribution in [2.75, 3.05) is 23.8 Å². The van der Waals surface area contributed by atoms with Crippen molar-refractivity contribution >= 4 is 17.5 Å². The van der Waals surface area contributed by atoms with Gasteiger partial charge in [0.2, 0.25) is 0 Å². The standard InChI is InChI=1S/C15H19N5O2/c1-2-22-13-6-4-3-5-11(13)17-15(21)18-14-10-7-8-16-9-12(10)19-20-14/h3-6,16H,2,7-9H2,1H3,(H3,17,18,19,20,21). The van der Waals surface area contributed by atoms with Crippen LogP contribution < -0.4 is 20.7 Å². The highest BCUT2D eigenvalue weighted by Gasteiger charge is 2.18. The largest absolute Gasteiger partial charge is 0.492 e. The number of nitrogens with one attached hydrogen (secondary N) is 4. The van der Waals surface area contributed by atoms with Gasteiger partial charge in [0.1, 0.15) is 5.75 Å². The second-order valence-electron chi connectivity index (χ2n) is 4.96. The monoisotopic (exact) mass is 301 g/mol. The molecule has 2 heterocycles. The predicted octanol–water partition coefficient (Wildman–Crippen LogP) is 2.10. The van der Waals surface area contributed by atoms with Crippen LogP contribution >= 0.6 is 0 Å². The molecule has 0 radical (unpaired) electrons. The van der Waals surface area contributed by atoms with Crippen molar-refractivity contribution in [2.45, 2.75) is 19.9 Å². The Morgan fingerprint density at radius 2 is 2.23 bits per heavy atom. The second-order valence-corrected chi connectivity index (χ2v) is 4.96. The van der Waals surface area contributed by atoms with Gasteiger partial charge in [-0.05, 0) is 32.0 Å². The fourth-order valence-corrected chi connectivity index (χ4v) is 2.46. The third-order valence-electron chi connectivity index (χ3n) is 3.47. The molecule has 2 aromatic rings. The molecule has 7 heteroatoms. The summed E-state index contributed by atoms with van der Waals surface area (Å²) in [5.41, 5.74) is 2.72. The number of benzene rings is 1. The average Bonchev–Trinajstić information content (AvgIpc) is 2.93. The van der Waals surface area contributed by atoms with Crippen LogP contribution in [-0.4, -0.2) is 29.4 Å². The number of aromatic nitrogens is 2. The number of anilines is 2. The number of fused-ring (bicyclic) bond motifs is 1. The van der Waals surface area contributed by atoms with Crippen molar-refractivity contribution < 1.29 is 9.53 Å². The average molecular weight is 301 g/mol. The van der Waals surface area contributed by atoms with Crippen molar-refractivity contribution in [3.8, 4) is 5.75 Å². The van der Waals surface area contributed by atoms with Gasteiger partial charge in [0, 0.05) is 12.1 Å². The Bertz CT molecular complexity index is 668. The van der Waals surface area contributed by atoms with Gasteiger partial charge in [-0.3, -0.25) is 10.4 Å². The summed E-state index contributed by atoms with van der Waals surface area (Å²) in [6, 6.07) is 7.00. The number of carbonyl (C=O) groups excluding carboxylic acids is 1. The molecule has 2 amide bonds. The zero-order valence-electron chi connectivity index (χ0n) is 12.4. The second kappa shape index (κ2) is 6.48. The molecule has 1 aliphatic rings. The first kappa shape index (κ1) is 14.4. The van der Waals surface area contributed by atoms with Crippen molar-refractivity contribution in [1.82, 2.24) is 15.5 Å². The molecule has 0 spiro atoms. The number of para-hydroxylation sites is 2. The van der Waals surface area contributed by atoms with E-state index in [1.165, 1.54) is 0 Å². The summed E-state index contributed by atoms with van der Waals surface area (Å²) < 4.78 is 5.49. The van der Waals surface area contributed by atoms with Crippen LogP contribution in [0.5, 0.6) is 5.75 Å². The van der Waals surface area contributed by atoms with Gasteiger partial charge in [-0.25, -0.2) is 4.79 Å². The van der Waals surface area contributed by atoms with Crippen LogP contribution in [0.25, 0.3) is 0 Å². The number of carbonyl (C=O) groups is 1. The number of hydrogen-bond acceptors (Lipinski definition) is 4. The quantitative estimate of drug-likeness (QED) is 0.696. The highest BCUT2D eigenvalue weighted by Crippen LogP contribution is 2.24. The Morgan fingerprint density at radius 3 is 3.09 bits per heavy atom. The normalized spacial score (nSPS) is 13.3. The molecule has 1 aliphatic heterocycles. The van der Waals surface area contributed by atoms with Crippen molar-refractivity contribution in [2.24, 2.45) is 0 Å². The number of hydrogen-bond donors (Lipinski definition) is 4. The van der Waals surface area contributed by atoms with Gasteiger partial charge in [0.05, 0.1) is 18.0 Å². The topological polar surface area (TPSA) is 91.1 Å². The highest BCUT2D eigenvalue weighted by molar-refractivity contribution is 6.00. The summed E-state index contributed by atoms with van der Waals surface area (Å²) in [7, 11) is 0. The van der Waals surface area contributed by atoms with Gasteiger partial charge in [-0.1, -0.05) is 12.1 Å². The molecule has 4 N–H and O–H groups in total. The van der Waals surface area contributed by atoms with Crippen LogP contribution in [-0.2, 0) is 13.0 Å². The molecular weight excluding hydrogens is 282 g/mol. The Kier molecular flexibility index (Phi) is 4.24. The molecule has 1 aromatic carbocycles. The first-order valence-corrected chi connectivity index (χ1v) is 7.34. The number of amides is 2. The molecular formula is C15H19N5O2. The molecule has 0 bridgehead atoms. The lowest BCUT2D eigenvalue weighted by Gasteiger charge is -2.14. The molecule has 1 aromatic heterocycles. The molecule has 22 heavy (non-hydrogen) atoms. The molecule has 0 saturated carbocycles. The number of aromatic amines is 1. The lowest BCUT2D eigenvalue weighted by Crippen LogP contribution is -2.25. The molecule has 0 unspecified atom stereocenters. The number of urea groups is 1. The zero-order chi connectivity index (χ0) is 15.4. The maximum absolute atomic E-state index is 12.2. The first-order valence-electron chi connectivity index (χ1n) is 7.34. The minimum Gasteiger partial charge on any atom is -0.492 e. The molecule has 0 aliphatic carbocycles.